The molecular weight excluding hydrogens is 196 g/mol. The SMILES string of the molecule is C=CCC1C(C)Cc2nc(=O)c(=O)on21. The van der Waals surface area contributed by atoms with Crippen molar-refractivity contribution < 1.29 is 4.52 Å². The zero-order chi connectivity index (χ0) is 11.0. The molecule has 2 unspecified atom stereocenters. The molecule has 80 valence electrons. The van der Waals surface area contributed by atoms with Gasteiger partial charge in [0, 0.05) is 6.42 Å². The molecule has 1 aromatic heterocycles. The molecule has 0 amide bonds. The lowest BCUT2D eigenvalue weighted by atomic mass is 10.00. The van der Waals surface area contributed by atoms with Crippen molar-refractivity contribution in [1.82, 2.24) is 9.72 Å². The van der Waals surface area contributed by atoms with E-state index in [9.17, 15) is 9.59 Å². The van der Waals surface area contributed by atoms with Crippen LogP contribution in [0.2, 0.25) is 0 Å². The Morgan fingerprint density at radius 1 is 1.67 bits per heavy atom. The second-order valence-corrected chi connectivity index (χ2v) is 3.81. The molecule has 0 N–H and O–H groups in total. The van der Waals surface area contributed by atoms with E-state index in [1.807, 2.05) is 6.92 Å². The summed E-state index contributed by atoms with van der Waals surface area (Å²) in [7, 11) is 0. The van der Waals surface area contributed by atoms with Gasteiger partial charge in [-0.15, -0.1) is 6.58 Å². The highest BCUT2D eigenvalue weighted by Crippen LogP contribution is 2.31. The van der Waals surface area contributed by atoms with E-state index in [1.165, 1.54) is 4.74 Å². The van der Waals surface area contributed by atoms with Crippen LogP contribution in [0.15, 0.2) is 26.8 Å². The van der Waals surface area contributed by atoms with Gasteiger partial charge >= 0.3 is 11.2 Å². The maximum Gasteiger partial charge on any atom is 0.423 e. The topological polar surface area (TPSA) is 65.1 Å². The van der Waals surface area contributed by atoms with Gasteiger partial charge in [-0.05, 0) is 12.3 Å². The Balaban J connectivity index is 2.53. The van der Waals surface area contributed by atoms with Gasteiger partial charge in [-0.2, -0.15) is 9.72 Å². The van der Waals surface area contributed by atoms with Crippen molar-refractivity contribution in [2.24, 2.45) is 5.92 Å². The smallest absolute Gasteiger partial charge is 0.329 e. The van der Waals surface area contributed by atoms with Gasteiger partial charge in [-0.3, -0.25) is 4.79 Å². The second-order valence-electron chi connectivity index (χ2n) is 3.81. The van der Waals surface area contributed by atoms with E-state index < -0.39 is 11.2 Å². The maximum absolute atomic E-state index is 11.0. The molecule has 2 heterocycles. The third kappa shape index (κ3) is 1.54. The highest BCUT2D eigenvalue weighted by molar-refractivity contribution is 4.99. The highest BCUT2D eigenvalue weighted by atomic mass is 16.5. The fourth-order valence-electron chi connectivity index (χ4n) is 1.94. The van der Waals surface area contributed by atoms with Crippen LogP contribution >= 0.6 is 0 Å². The van der Waals surface area contributed by atoms with Crippen LogP contribution in [-0.4, -0.2) is 9.72 Å². The number of nitrogens with zero attached hydrogens (tertiary/aromatic N) is 2. The summed E-state index contributed by atoms with van der Waals surface area (Å²) < 4.78 is 6.38. The molecule has 0 saturated carbocycles. The minimum absolute atomic E-state index is 0.0540. The van der Waals surface area contributed by atoms with Crippen molar-refractivity contribution in [3.05, 3.63) is 39.3 Å². The normalized spacial score (nSPS) is 23.8. The number of aromatic nitrogens is 2. The van der Waals surface area contributed by atoms with Crippen LogP contribution in [-0.2, 0) is 6.42 Å². The lowest BCUT2D eigenvalue weighted by molar-refractivity contribution is 0.174. The van der Waals surface area contributed by atoms with E-state index in [-0.39, 0.29) is 6.04 Å². The molecule has 15 heavy (non-hydrogen) atoms. The lowest BCUT2D eigenvalue weighted by Crippen LogP contribution is -2.30. The van der Waals surface area contributed by atoms with Gasteiger partial charge in [0.15, 0.2) is 0 Å². The lowest BCUT2D eigenvalue weighted by Gasteiger charge is -2.13. The molecule has 1 aromatic rings. The fraction of sp³-hybridized carbons (Fsp3) is 0.500. The highest BCUT2D eigenvalue weighted by Gasteiger charge is 2.31. The minimum Gasteiger partial charge on any atom is -0.329 e. The molecule has 2 atom stereocenters. The summed E-state index contributed by atoms with van der Waals surface area (Å²) in [6, 6.07) is 0.0540. The molecular formula is C10H12N2O3. The summed E-state index contributed by atoms with van der Waals surface area (Å²) in [5.41, 5.74) is -1.71. The van der Waals surface area contributed by atoms with Crippen molar-refractivity contribution >= 4 is 0 Å². The molecule has 0 spiro atoms. The molecule has 0 aromatic carbocycles. The van der Waals surface area contributed by atoms with Gasteiger partial charge < -0.3 is 4.52 Å². The molecule has 0 fully saturated rings. The molecule has 1 aliphatic rings. The average molecular weight is 208 g/mol. The van der Waals surface area contributed by atoms with Crippen LogP contribution in [0.3, 0.4) is 0 Å². The largest absolute Gasteiger partial charge is 0.423 e. The van der Waals surface area contributed by atoms with Gasteiger partial charge in [0.1, 0.15) is 5.82 Å². The first kappa shape index (κ1) is 9.89. The summed E-state index contributed by atoms with van der Waals surface area (Å²) in [6.45, 7) is 5.69. The fourth-order valence-corrected chi connectivity index (χ4v) is 1.94. The Morgan fingerprint density at radius 3 is 3.07 bits per heavy atom. The Bertz CT molecular complexity index is 500. The Hall–Kier alpha value is -1.65. The third-order valence-electron chi connectivity index (χ3n) is 2.71. The molecule has 0 saturated heterocycles. The van der Waals surface area contributed by atoms with E-state index in [2.05, 4.69) is 11.6 Å². The van der Waals surface area contributed by atoms with Crippen molar-refractivity contribution in [3.8, 4) is 0 Å². The Morgan fingerprint density at radius 2 is 2.40 bits per heavy atom. The molecule has 0 bridgehead atoms. The summed E-state index contributed by atoms with van der Waals surface area (Å²) in [5.74, 6) is 0.861. The standard InChI is InChI=1S/C10H12N2O3/c1-3-4-7-6(2)5-8-11-9(13)10(14)15-12(7)8/h3,6-7H,1,4-5H2,2H3. The number of hydrogen-bond acceptors (Lipinski definition) is 4. The van der Waals surface area contributed by atoms with Crippen molar-refractivity contribution in [2.45, 2.75) is 25.8 Å². The van der Waals surface area contributed by atoms with Crippen LogP contribution in [0.5, 0.6) is 0 Å². The van der Waals surface area contributed by atoms with Gasteiger partial charge in [0.05, 0.1) is 6.04 Å². The quantitative estimate of drug-likeness (QED) is 0.524. The number of hydrogen-bond donors (Lipinski definition) is 0. The van der Waals surface area contributed by atoms with E-state index in [1.54, 1.807) is 6.08 Å². The van der Waals surface area contributed by atoms with E-state index in [0.29, 0.717) is 24.6 Å². The summed E-state index contributed by atoms with van der Waals surface area (Å²) in [4.78, 5) is 25.7. The monoisotopic (exact) mass is 208 g/mol. The first-order valence-electron chi connectivity index (χ1n) is 4.87. The van der Waals surface area contributed by atoms with Gasteiger partial charge in [-0.25, -0.2) is 4.79 Å². The Kier molecular flexibility index (Phi) is 2.30. The summed E-state index contributed by atoms with van der Waals surface area (Å²) in [6.07, 6.45) is 3.15. The van der Waals surface area contributed by atoms with Gasteiger partial charge in [0.25, 0.3) is 0 Å². The van der Waals surface area contributed by atoms with Crippen LogP contribution in [0.1, 0.15) is 25.2 Å². The molecule has 5 nitrogen and oxygen atoms in total. The van der Waals surface area contributed by atoms with E-state index in [4.69, 9.17) is 4.52 Å². The van der Waals surface area contributed by atoms with Crippen molar-refractivity contribution in [3.63, 3.8) is 0 Å². The molecule has 0 radical (unpaired) electrons. The summed E-state index contributed by atoms with van der Waals surface area (Å²) in [5, 5.41) is 0. The number of fused-ring (bicyclic) bond motifs is 1. The summed E-state index contributed by atoms with van der Waals surface area (Å²) >= 11 is 0. The van der Waals surface area contributed by atoms with Crippen LogP contribution in [0.4, 0.5) is 0 Å². The zero-order valence-electron chi connectivity index (χ0n) is 8.47. The molecule has 1 aliphatic heterocycles. The van der Waals surface area contributed by atoms with Crippen LogP contribution in [0.25, 0.3) is 0 Å². The molecule has 0 aliphatic carbocycles. The average Bonchev–Trinajstić information content (AvgIpc) is 2.46. The zero-order valence-corrected chi connectivity index (χ0v) is 8.47. The molecule has 5 heteroatoms. The first-order chi connectivity index (χ1) is 7.13. The van der Waals surface area contributed by atoms with Crippen LogP contribution in [0, 0.1) is 5.92 Å². The number of rotatable bonds is 2. The predicted octanol–water partition coefficient (Wildman–Crippen LogP) is 0.506. The minimum atomic E-state index is -0.901. The van der Waals surface area contributed by atoms with Crippen molar-refractivity contribution in [2.75, 3.05) is 0 Å². The Labute approximate surface area is 86.0 Å². The van der Waals surface area contributed by atoms with E-state index >= 15 is 0 Å². The molecule has 2 rings (SSSR count). The first-order valence-corrected chi connectivity index (χ1v) is 4.87. The number of allylic oxidation sites excluding steroid dienone is 1. The van der Waals surface area contributed by atoms with Crippen LogP contribution < -0.4 is 11.2 Å². The second kappa shape index (κ2) is 3.49. The van der Waals surface area contributed by atoms with Gasteiger partial charge in [-0.1, -0.05) is 13.0 Å². The van der Waals surface area contributed by atoms with Crippen molar-refractivity contribution in [1.29, 1.82) is 0 Å². The maximum atomic E-state index is 11.0. The van der Waals surface area contributed by atoms with Gasteiger partial charge in [0.2, 0.25) is 0 Å². The third-order valence-corrected chi connectivity index (χ3v) is 2.71. The van der Waals surface area contributed by atoms with E-state index in [0.717, 1.165) is 0 Å². The predicted molar refractivity (Wildman–Crippen MR) is 53.8 cm³/mol.